The Balaban J connectivity index is 1.95. The maximum atomic E-state index is 13.0. The summed E-state index contributed by atoms with van der Waals surface area (Å²) in [5.74, 6) is -0.151. The van der Waals surface area contributed by atoms with E-state index in [0.717, 1.165) is 12.1 Å². The van der Waals surface area contributed by atoms with Crippen molar-refractivity contribution in [1.82, 2.24) is 15.4 Å². The van der Waals surface area contributed by atoms with Crippen LogP contribution in [0.1, 0.15) is 28.5 Å². The predicted molar refractivity (Wildman–Crippen MR) is 100 cm³/mol. The zero-order valence-corrected chi connectivity index (χ0v) is 16.1. The molecule has 30 heavy (non-hydrogen) atoms. The normalized spacial score (nSPS) is 11.2. The Kier molecular flexibility index (Phi) is 6.24. The van der Waals surface area contributed by atoms with E-state index >= 15 is 0 Å². The highest BCUT2D eigenvalue weighted by atomic mass is 19.4. The molecule has 1 heterocycles. The Morgan fingerprint density at radius 1 is 1.13 bits per heavy atom. The number of hydrogen-bond acceptors (Lipinski definition) is 6. The van der Waals surface area contributed by atoms with E-state index in [1.165, 1.54) is 19.2 Å². The topological polar surface area (TPSA) is 86.3 Å². The van der Waals surface area contributed by atoms with Gasteiger partial charge in [-0.05, 0) is 36.8 Å². The monoisotopic (exact) mass is 421 g/mol. The van der Waals surface area contributed by atoms with Gasteiger partial charge in [0.25, 0.3) is 0 Å². The number of carbonyl (C=O) groups excluding carboxylic acids is 1. The highest BCUT2D eigenvalue weighted by Gasteiger charge is 2.30. The van der Waals surface area contributed by atoms with E-state index in [0.29, 0.717) is 16.9 Å². The molecule has 0 saturated carbocycles. The summed E-state index contributed by atoms with van der Waals surface area (Å²) in [5.41, 5.74) is 0.0379. The predicted octanol–water partition coefficient (Wildman–Crippen LogP) is 4.25. The van der Waals surface area contributed by atoms with Crippen LogP contribution in [-0.4, -0.2) is 35.1 Å². The van der Waals surface area contributed by atoms with Crippen molar-refractivity contribution in [2.24, 2.45) is 0 Å². The van der Waals surface area contributed by atoms with Gasteiger partial charge >= 0.3 is 12.1 Å². The molecule has 3 rings (SSSR count). The van der Waals surface area contributed by atoms with Gasteiger partial charge in [-0.25, -0.2) is 4.79 Å². The summed E-state index contributed by atoms with van der Waals surface area (Å²) in [6.45, 7) is 1.65. The molecular formula is C20H18F3N3O4. The fourth-order valence-corrected chi connectivity index (χ4v) is 2.77. The molecule has 0 saturated heterocycles. The summed E-state index contributed by atoms with van der Waals surface area (Å²) in [6.07, 6.45) is -4.46. The molecule has 0 aliphatic rings. The first-order valence-electron chi connectivity index (χ1n) is 8.89. The molecule has 0 atom stereocenters. The molecule has 3 aromatic rings. The van der Waals surface area contributed by atoms with E-state index in [2.05, 4.69) is 15.4 Å². The Labute approximate surface area is 169 Å². The summed E-state index contributed by atoms with van der Waals surface area (Å²) in [7, 11) is 1.42. The number of hydrogen-bond donors (Lipinski definition) is 1. The van der Waals surface area contributed by atoms with Crippen molar-refractivity contribution >= 4 is 5.97 Å². The molecule has 0 amide bonds. The minimum Gasteiger partial charge on any atom is -0.493 e. The number of alkyl halides is 3. The highest BCUT2D eigenvalue weighted by molar-refractivity contribution is 5.95. The Bertz CT molecular complexity index is 1030. The van der Waals surface area contributed by atoms with Crippen molar-refractivity contribution in [3.05, 3.63) is 59.3 Å². The lowest BCUT2D eigenvalue weighted by atomic mass is 10.1. The third kappa shape index (κ3) is 4.53. The molecule has 1 aromatic heterocycles. The average Bonchev–Trinajstić information content (AvgIpc) is 3.21. The fourth-order valence-electron chi connectivity index (χ4n) is 2.77. The molecular weight excluding hydrogens is 403 g/mol. The number of benzene rings is 2. The SMILES string of the molecule is CCOC(=O)c1n[nH]nc1-c1cccc(OC)c1OCc1cccc(C(F)(F)F)c1. The number of methoxy groups -OCH3 is 1. The van der Waals surface area contributed by atoms with E-state index in [1.54, 1.807) is 25.1 Å². The first kappa shape index (κ1) is 21.2. The molecule has 1 N–H and O–H groups in total. The van der Waals surface area contributed by atoms with Gasteiger partial charge in [-0.2, -0.15) is 23.5 Å². The largest absolute Gasteiger partial charge is 0.493 e. The highest BCUT2D eigenvalue weighted by Crippen LogP contribution is 2.39. The molecule has 10 heteroatoms. The van der Waals surface area contributed by atoms with Crippen molar-refractivity contribution in [2.45, 2.75) is 19.7 Å². The summed E-state index contributed by atoms with van der Waals surface area (Å²) in [4.78, 5) is 12.2. The van der Waals surface area contributed by atoms with Gasteiger partial charge in [0.05, 0.1) is 24.8 Å². The Hall–Kier alpha value is -3.56. The van der Waals surface area contributed by atoms with Crippen LogP contribution >= 0.6 is 0 Å². The number of halogens is 3. The quantitative estimate of drug-likeness (QED) is 0.574. The van der Waals surface area contributed by atoms with Gasteiger partial charge in [0, 0.05) is 0 Å². The number of H-pyrrole nitrogens is 1. The number of para-hydroxylation sites is 1. The Morgan fingerprint density at radius 2 is 1.90 bits per heavy atom. The summed E-state index contributed by atoms with van der Waals surface area (Å²) >= 11 is 0. The first-order valence-corrected chi connectivity index (χ1v) is 8.89. The fraction of sp³-hybridized carbons (Fsp3) is 0.250. The van der Waals surface area contributed by atoms with Crippen LogP contribution in [0.3, 0.4) is 0 Å². The summed E-state index contributed by atoms with van der Waals surface area (Å²) in [5, 5.41) is 10.2. The smallest absolute Gasteiger partial charge is 0.416 e. The van der Waals surface area contributed by atoms with Gasteiger partial charge in [-0.3, -0.25) is 0 Å². The molecule has 158 valence electrons. The van der Waals surface area contributed by atoms with E-state index in [1.807, 2.05) is 0 Å². The minimum atomic E-state index is -4.46. The summed E-state index contributed by atoms with van der Waals surface area (Å²) in [6, 6.07) is 9.73. The van der Waals surface area contributed by atoms with E-state index in [-0.39, 0.29) is 30.4 Å². The zero-order valence-electron chi connectivity index (χ0n) is 16.1. The number of esters is 1. The van der Waals surface area contributed by atoms with Gasteiger partial charge in [0.15, 0.2) is 17.2 Å². The van der Waals surface area contributed by atoms with Gasteiger partial charge in [0.1, 0.15) is 12.3 Å². The lowest BCUT2D eigenvalue weighted by Gasteiger charge is -2.15. The van der Waals surface area contributed by atoms with Gasteiger partial charge in [-0.1, -0.05) is 18.2 Å². The maximum absolute atomic E-state index is 13.0. The van der Waals surface area contributed by atoms with Gasteiger partial charge in [0.2, 0.25) is 0 Å². The van der Waals surface area contributed by atoms with Gasteiger partial charge in [-0.15, -0.1) is 5.10 Å². The van der Waals surface area contributed by atoms with Gasteiger partial charge < -0.3 is 14.2 Å². The van der Waals surface area contributed by atoms with Crippen LogP contribution in [0.15, 0.2) is 42.5 Å². The molecule has 7 nitrogen and oxygen atoms in total. The zero-order chi connectivity index (χ0) is 21.7. The number of aromatic amines is 1. The van der Waals surface area contributed by atoms with Crippen molar-refractivity contribution in [2.75, 3.05) is 13.7 Å². The molecule has 0 aliphatic heterocycles. The second-order valence-corrected chi connectivity index (χ2v) is 6.07. The first-order chi connectivity index (χ1) is 14.3. The number of aromatic nitrogens is 3. The summed E-state index contributed by atoms with van der Waals surface area (Å²) < 4.78 is 55.0. The minimum absolute atomic E-state index is 0.0472. The molecule has 2 aromatic carbocycles. The van der Waals surface area contributed by atoms with Crippen molar-refractivity contribution in [1.29, 1.82) is 0 Å². The molecule has 0 aliphatic carbocycles. The van der Waals surface area contributed by atoms with Crippen molar-refractivity contribution in [3.63, 3.8) is 0 Å². The molecule has 0 unspecified atom stereocenters. The maximum Gasteiger partial charge on any atom is 0.416 e. The molecule has 0 radical (unpaired) electrons. The molecule has 0 fully saturated rings. The number of nitrogens with one attached hydrogen (secondary N) is 1. The number of nitrogens with zero attached hydrogens (tertiary/aromatic N) is 2. The van der Waals surface area contributed by atoms with Crippen molar-refractivity contribution < 1.29 is 32.2 Å². The van der Waals surface area contributed by atoms with E-state index in [9.17, 15) is 18.0 Å². The van der Waals surface area contributed by atoms with Crippen LogP contribution in [0.2, 0.25) is 0 Å². The number of ether oxygens (including phenoxy) is 3. The second kappa shape index (κ2) is 8.85. The van der Waals surface area contributed by atoms with Crippen LogP contribution in [-0.2, 0) is 17.5 Å². The van der Waals surface area contributed by atoms with E-state index < -0.39 is 17.7 Å². The van der Waals surface area contributed by atoms with Crippen LogP contribution in [0.4, 0.5) is 13.2 Å². The Morgan fingerprint density at radius 3 is 2.60 bits per heavy atom. The number of carbonyl (C=O) groups is 1. The number of rotatable bonds is 7. The lowest BCUT2D eigenvalue weighted by molar-refractivity contribution is -0.137. The van der Waals surface area contributed by atoms with Crippen LogP contribution < -0.4 is 9.47 Å². The third-order valence-electron chi connectivity index (χ3n) is 4.11. The van der Waals surface area contributed by atoms with E-state index in [4.69, 9.17) is 14.2 Å². The standard InChI is InChI=1S/C20H18F3N3O4/c1-3-29-19(27)17-16(24-26-25-17)14-8-5-9-15(28-2)18(14)30-11-12-6-4-7-13(10-12)20(21,22)23/h4-10H,3,11H2,1-2H3,(H,24,25,26). The molecule has 0 bridgehead atoms. The molecule has 0 spiro atoms. The average molecular weight is 421 g/mol. The van der Waals surface area contributed by atoms with Crippen LogP contribution in [0.5, 0.6) is 11.5 Å². The van der Waals surface area contributed by atoms with Crippen LogP contribution in [0.25, 0.3) is 11.3 Å². The third-order valence-corrected chi connectivity index (χ3v) is 4.11. The van der Waals surface area contributed by atoms with Crippen molar-refractivity contribution in [3.8, 4) is 22.8 Å². The second-order valence-electron chi connectivity index (χ2n) is 6.07. The van der Waals surface area contributed by atoms with Crippen LogP contribution in [0, 0.1) is 0 Å². The lowest BCUT2D eigenvalue weighted by Crippen LogP contribution is -2.08.